The number of halogens is 2. The lowest BCUT2D eigenvalue weighted by Gasteiger charge is -2.09. The fraction of sp³-hybridized carbons (Fsp3) is 0.176. The zero-order chi connectivity index (χ0) is 18.4. The molecule has 132 valence electrons. The van der Waals surface area contributed by atoms with Gasteiger partial charge in [0, 0.05) is 9.92 Å². The third-order valence-corrected chi connectivity index (χ3v) is 5.12. The van der Waals surface area contributed by atoms with E-state index in [1.165, 1.54) is 25.1 Å². The Morgan fingerprint density at radius 1 is 1.40 bits per heavy atom. The maximum atomic E-state index is 12.1. The van der Waals surface area contributed by atoms with Crippen LogP contribution in [0, 0.1) is 0 Å². The van der Waals surface area contributed by atoms with Crippen molar-refractivity contribution in [3.63, 3.8) is 0 Å². The van der Waals surface area contributed by atoms with E-state index < -0.39 is 0 Å². The second-order valence-electron chi connectivity index (χ2n) is 5.00. The molecular formula is C17H16BrClN2O3S. The average Bonchev–Trinajstić information content (AvgIpc) is 2.59. The first-order chi connectivity index (χ1) is 11.9. The molecule has 2 rings (SSSR count). The Bertz CT molecular complexity index is 784. The predicted octanol–water partition coefficient (Wildman–Crippen LogP) is 4.45. The molecule has 0 aromatic heterocycles. The van der Waals surface area contributed by atoms with Gasteiger partial charge in [-0.2, -0.15) is 5.10 Å². The quantitative estimate of drug-likeness (QED) is 0.393. The number of methoxy groups -OCH3 is 1. The van der Waals surface area contributed by atoms with Gasteiger partial charge < -0.3 is 9.84 Å². The minimum atomic E-state index is -0.320. The van der Waals surface area contributed by atoms with Crippen LogP contribution in [0.25, 0.3) is 0 Å². The highest BCUT2D eigenvalue weighted by Crippen LogP contribution is 2.34. The molecule has 0 heterocycles. The Morgan fingerprint density at radius 2 is 2.08 bits per heavy atom. The number of aromatic hydroxyl groups is 1. The average molecular weight is 444 g/mol. The summed E-state index contributed by atoms with van der Waals surface area (Å²) >= 11 is 10.5. The normalized spacial score (nSPS) is 12.2. The lowest BCUT2D eigenvalue weighted by atomic mass is 10.2. The lowest BCUT2D eigenvalue weighted by Crippen LogP contribution is -2.26. The number of hydrogen-bond acceptors (Lipinski definition) is 5. The summed E-state index contributed by atoms with van der Waals surface area (Å²) in [5, 5.41) is 14.1. The Labute approximate surface area is 163 Å². The number of carbonyl (C=O) groups is 1. The molecule has 1 amide bonds. The van der Waals surface area contributed by atoms with Gasteiger partial charge in [0.05, 0.1) is 23.0 Å². The number of nitrogens with zero attached hydrogens (tertiary/aromatic N) is 1. The van der Waals surface area contributed by atoms with Gasteiger partial charge in [-0.15, -0.1) is 11.8 Å². The van der Waals surface area contributed by atoms with Crippen LogP contribution in [0.4, 0.5) is 0 Å². The number of phenolic OH excluding ortho intramolecular Hbond substituents is 1. The van der Waals surface area contributed by atoms with Gasteiger partial charge in [-0.05, 0) is 64.8 Å². The molecule has 2 aromatic carbocycles. The third kappa shape index (κ3) is 5.66. The number of amides is 1. The number of ether oxygens (including phenoxy) is 1. The number of nitrogens with one attached hydrogen (secondary N) is 1. The second-order valence-corrected chi connectivity index (χ2v) is 7.71. The maximum absolute atomic E-state index is 12.1. The number of hydrazone groups is 1. The molecule has 0 aliphatic carbocycles. The Morgan fingerprint density at radius 3 is 2.72 bits per heavy atom. The first kappa shape index (κ1) is 19.6. The summed E-state index contributed by atoms with van der Waals surface area (Å²) in [7, 11) is 1.46. The highest BCUT2D eigenvalue weighted by molar-refractivity contribution is 9.10. The standard InChI is InChI=1S/C17H16BrClN2O3S/c1-10(25-13-5-3-12(19)4-6-13)17(23)21-20-9-11-7-14(18)16(22)15(8-11)24-2/h3-10,22H,1-2H3,(H,21,23)/b20-9-/t10-/m0/s1. The maximum Gasteiger partial charge on any atom is 0.253 e. The zero-order valence-electron chi connectivity index (χ0n) is 13.5. The van der Waals surface area contributed by atoms with Crippen LogP contribution in [-0.4, -0.2) is 29.6 Å². The van der Waals surface area contributed by atoms with E-state index in [2.05, 4.69) is 26.5 Å². The van der Waals surface area contributed by atoms with E-state index in [4.69, 9.17) is 16.3 Å². The predicted molar refractivity (Wildman–Crippen MR) is 105 cm³/mol. The van der Waals surface area contributed by atoms with Crippen LogP contribution in [0.15, 0.2) is 50.9 Å². The molecule has 0 aliphatic heterocycles. The molecule has 1 atom stereocenters. The Kier molecular flexibility index (Phi) is 7.16. The summed E-state index contributed by atoms with van der Waals surface area (Å²) in [6, 6.07) is 10.6. The lowest BCUT2D eigenvalue weighted by molar-refractivity contribution is -0.120. The zero-order valence-corrected chi connectivity index (χ0v) is 16.7. The van der Waals surface area contributed by atoms with E-state index in [-0.39, 0.29) is 16.9 Å². The summed E-state index contributed by atoms with van der Waals surface area (Å²) < 4.78 is 5.54. The summed E-state index contributed by atoms with van der Waals surface area (Å²) in [5.74, 6) is 0.103. The van der Waals surface area contributed by atoms with Crippen molar-refractivity contribution in [2.75, 3.05) is 7.11 Å². The van der Waals surface area contributed by atoms with Crippen LogP contribution in [0.2, 0.25) is 5.02 Å². The molecule has 2 N–H and O–H groups in total. The van der Waals surface area contributed by atoms with Crippen molar-refractivity contribution in [3.8, 4) is 11.5 Å². The van der Waals surface area contributed by atoms with Gasteiger partial charge in [-0.25, -0.2) is 5.43 Å². The van der Waals surface area contributed by atoms with Crippen molar-refractivity contribution in [2.24, 2.45) is 5.10 Å². The summed E-state index contributed by atoms with van der Waals surface area (Å²) in [4.78, 5) is 13.1. The van der Waals surface area contributed by atoms with E-state index in [0.717, 1.165) is 4.90 Å². The van der Waals surface area contributed by atoms with Gasteiger partial charge in [0.25, 0.3) is 5.91 Å². The van der Waals surface area contributed by atoms with Gasteiger partial charge in [0.1, 0.15) is 0 Å². The molecule has 0 radical (unpaired) electrons. The topological polar surface area (TPSA) is 70.9 Å². The number of benzene rings is 2. The highest BCUT2D eigenvalue weighted by atomic mass is 79.9. The van der Waals surface area contributed by atoms with E-state index in [1.54, 1.807) is 31.2 Å². The molecule has 0 aliphatic rings. The first-order valence-electron chi connectivity index (χ1n) is 7.22. The minimum Gasteiger partial charge on any atom is -0.503 e. The van der Waals surface area contributed by atoms with E-state index in [1.807, 2.05) is 12.1 Å². The molecule has 25 heavy (non-hydrogen) atoms. The van der Waals surface area contributed by atoms with Gasteiger partial charge in [-0.3, -0.25) is 4.79 Å². The smallest absolute Gasteiger partial charge is 0.253 e. The molecule has 0 saturated heterocycles. The number of rotatable bonds is 6. The fourth-order valence-corrected chi connectivity index (χ4v) is 3.30. The first-order valence-corrected chi connectivity index (χ1v) is 9.27. The van der Waals surface area contributed by atoms with Crippen LogP contribution < -0.4 is 10.2 Å². The third-order valence-electron chi connectivity index (χ3n) is 3.15. The molecule has 5 nitrogen and oxygen atoms in total. The molecular weight excluding hydrogens is 428 g/mol. The summed E-state index contributed by atoms with van der Waals surface area (Å²) in [6.07, 6.45) is 1.48. The van der Waals surface area contributed by atoms with Crippen molar-refractivity contribution < 1.29 is 14.6 Å². The molecule has 0 bridgehead atoms. The van der Waals surface area contributed by atoms with Crippen molar-refractivity contribution in [1.29, 1.82) is 0 Å². The second kappa shape index (κ2) is 9.12. The monoisotopic (exact) mass is 442 g/mol. The van der Waals surface area contributed by atoms with Crippen LogP contribution in [-0.2, 0) is 4.79 Å². The van der Waals surface area contributed by atoms with E-state index in [0.29, 0.717) is 20.8 Å². The van der Waals surface area contributed by atoms with Crippen molar-refractivity contribution >= 4 is 51.4 Å². The molecule has 8 heteroatoms. The highest BCUT2D eigenvalue weighted by Gasteiger charge is 2.13. The van der Waals surface area contributed by atoms with Gasteiger partial charge in [0.15, 0.2) is 11.5 Å². The molecule has 0 unspecified atom stereocenters. The Balaban J connectivity index is 1.95. The number of thioether (sulfide) groups is 1. The Hall–Kier alpha value is -1.70. The van der Waals surface area contributed by atoms with Crippen LogP contribution >= 0.6 is 39.3 Å². The molecule has 0 fully saturated rings. The van der Waals surface area contributed by atoms with E-state index in [9.17, 15) is 9.90 Å². The number of phenols is 1. The molecule has 2 aromatic rings. The van der Waals surface area contributed by atoms with E-state index >= 15 is 0 Å². The number of carbonyl (C=O) groups excluding carboxylic acids is 1. The largest absolute Gasteiger partial charge is 0.503 e. The minimum absolute atomic E-state index is 0.0108. The van der Waals surface area contributed by atoms with Crippen molar-refractivity contribution in [1.82, 2.24) is 5.43 Å². The van der Waals surface area contributed by atoms with Gasteiger partial charge in [0.2, 0.25) is 0 Å². The van der Waals surface area contributed by atoms with Crippen molar-refractivity contribution in [3.05, 3.63) is 51.5 Å². The summed E-state index contributed by atoms with van der Waals surface area (Å²) in [6.45, 7) is 1.80. The van der Waals surface area contributed by atoms with Gasteiger partial charge in [-0.1, -0.05) is 11.6 Å². The fourth-order valence-electron chi connectivity index (χ4n) is 1.86. The summed E-state index contributed by atoms with van der Waals surface area (Å²) in [5.41, 5.74) is 3.17. The van der Waals surface area contributed by atoms with Crippen LogP contribution in [0.1, 0.15) is 12.5 Å². The molecule has 0 saturated carbocycles. The SMILES string of the molecule is COc1cc(/C=N\NC(=O)[C@H](C)Sc2ccc(Cl)cc2)cc(Br)c1O. The molecule has 0 spiro atoms. The van der Waals surface area contributed by atoms with Crippen LogP contribution in [0.5, 0.6) is 11.5 Å². The van der Waals surface area contributed by atoms with Crippen LogP contribution in [0.3, 0.4) is 0 Å². The number of hydrogen-bond donors (Lipinski definition) is 2. The van der Waals surface area contributed by atoms with Gasteiger partial charge >= 0.3 is 0 Å². The van der Waals surface area contributed by atoms with Crippen molar-refractivity contribution in [2.45, 2.75) is 17.1 Å².